The zero-order chi connectivity index (χ0) is 16.3. The van der Waals surface area contributed by atoms with Crippen molar-refractivity contribution in [3.8, 4) is 0 Å². The van der Waals surface area contributed by atoms with Crippen molar-refractivity contribution in [1.82, 2.24) is 19.7 Å². The molecular formula is C17H26N4O. The molecule has 1 amide bonds. The van der Waals surface area contributed by atoms with E-state index in [1.165, 1.54) is 0 Å². The maximum atomic E-state index is 12.7. The maximum absolute atomic E-state index is 12.7. The van der Waals surface area contributed by atoms with Crippen LogP contribution in [0.2, 0.25) is 0 Å². The lowest BCUT2D eigenvalue weighted by molar-refractivity contribution is 0.0761. The van der Waals surface area contributed by atoms with Gasteiger partial charge in [0.15, 0.2) is 5.65 Å². The molecule has 22 heavy (non-hydrogen) atoms. The Balaban J connectivity index is 2.39. The van der Waals surface area contributed by atoms with Crippen LogP contribution in [-0.2, 0) is 0 Å². The van der Waals surface area contributed by atoms with Crippen LogP contribution in [0.15, 0.2) is 12.3 Å². The predicted molar refractivity (Wildman–Crippen MR) is 89.1 cm³/mol. The first kappa shape index (κ1) is 16.5. The molecule has 0 bridgehead atoms. The van der Waals surface area contributed by atoms with Crippen LogP contribution in [0.4, 0.5) is 0 Å². The number of hydrogen-bond donors (Lipinski definition) is 0. The molecule has 0 atom stereocenters. The van der Waals surface area contributed by atoms with Gasteiger partial charge in [0.05, 0.1) is 17.5 Å². The quantitative estimate of drug-likeness (QED) is 0.819. The van der Waals surface area contributed by atoms with Crippen LogP contribution in [0.5, 0.6) is 0 Å². The van der Waals surface area contributed by atoms with Crippen molar-refractivity contribution in [3.63, 3.8) is 0 Å². The van der Waals surface area contributed by atoms with E-state index in [0.29, 0.717) is 5.56 Å². The third-order valence-electron chi connectivity index (χ3n) is 3.93. The van der Waals surface area contributed by atoms with Crippen LogP contribution in [0, 0.1) is 6.92 Å². The van der Waals surface area contributed by atoms with Crippen molar-refractivity contribution in [2.75, 3.05) is 13.1 Å². The predicted octanol–water partition coefficient (Wildman–Crippen LogP) is 3.58. The Hall–Kier alpha value is -1.91. The summed E-state index contributed by atoms with van der Waals surface area (Å²) in [5, 5.41) is 5.31. The fourth-order valence-electron chi connectivity index (χ4n) is 2.58. The summed E-state index contributed by atoms with van der Waals surface area (Å²) in [6.45, 7) is 11.7. The smallest absolute Gasteiger partial charge is 0.255 e. The molecule has 0 spiro atoms. The van der Waals surface area contributed by atoms with Crippen molar-refractivity contribution >= 4 is 16.9 Å². The number of aromatic nitrogens is 3. The van der Waals surface area contributed by atoms with Gasteiger partial charge in [-0.05, 0) is 40.2 Å². The number of nitrogens with zero attached hydrogens (tertiary/aromatic N) is 4. The van der Waals surface area contributed by atoms with E-state index in [1.807, 2.05) is 29.5 Å². The fraction of sp³-hybridized carbons (Fsp3) is 0.588. The molecule has 2 aromatic rings. The molecule has 0 saturated heterocycles. The first-order chi connectivity index (χ1) is 10.5. The zero-order valence-corrected chi connectivity index (χ0v) is 14.3. The number of unbranched alkanes of at least 4 members (excludes halogenated alkanes) is 1. The minimum atomic E-state index is 0.0696. The maximum Gasteiger partial charge on any atom is 0.255 e. The number of aryl methyl sites for hydroxylation is 1. The summed E-state index contributed by atoms with van der Waals surface area (Å²) in [6, 6.07) is 2.18. The molecule has 0 N–H and O–H groups in total. The van der Waals surface area contributed by atoms with Gasteiger partial charge in [0.25, 0.3) is 5.91 Å². The lowest BCUT2D eigenvalue weighted by Crippen LogP contribution is -2.32. The number of fused-ring (bicyclic) bond motifs is 1. The largest absolute Gasteiger partial charge is 0.339 e. The summed E-state index contributed by atoms with van der Waals surface area (Å²) in [7, 11) is 0. The zero-order valence-electron chi connectivity index (χ0n) is 14.3. The van der Waals surface area contributed by atoms with Gasteiger partial charge in [-0.2, -0.15) is 5.10 Å². The van der Waals surface area contributed by atoms with E-state index in [9.17, 15) is 4.79 Å². The van der Waals surface area contributed by atoms with Crippen LogP contribution < -0.4 is 0 Å². The van der Waals surface area contributed by atoms with Crippen molar-refractivity contribution in [3.05, 3.63) is 23.5 Å². The number of pyridine rings is 1. The monoisotopic (exact) mass is 302 g/mol. The summed E-state index contributed by atoms with van der Waals surface area (Å²) < 4.78 is 1.89. The summed E-state index contributed by atoms with van der Waals surface area (Å²) in [4.78, 5) is 19.3. The van der Waals surface area contributed by atoms with Gasteiger partial charge in [0.2, 0.25) is 0 Å². The molecule has 0 aliphatic heterocycles. The van der Waals surface area contributed by atoms with Crippen LogP contribution in [-0.4, -0.2) is 38.7 Å². The molecule has 5 heteroatoms. The molecule has 2 aromatic heterocycles. The Labute approximate surface area is 132 Å². The standard InChI is InChI=1S/C17H26N4O/c1-6-8-9-20(7-2)17(22)15-10-14-11-18-21(12(3)4)16(14)19-13(15)5/h10-12H,6-9H2,1-5H3. The molecule has 0 saturated carbocycles. The molecule has 5 nitrogen and oxygen atoms in total. The number of amides is 1. The highest BCUT2D eigenvalue weighted by Gasteiger charge is 2.19. The highest BCUT2D eigenvalue weighted by Crippen LogP contribution is 2.20. The molecule has 0 unspecified atom stereocenters. The van der Waals surface area contributed by atoms with Crippen LogP contribution >= 0.6 is 0 Å². The highest BCUT2D eigenvalue weighted by molar-refractivity contribution is 5.98. The molecule has 0 aliphatic rings. The van der Waals surface area contributed by atoms with E-state index in [1.54, 1.807) is 6.20 Å². The van der Waals surface area contributed by atoms with Gasteiger partial charge in [-0.15, -0.1) is 0 Å². The average Bonchev–Trinajstić information content (AvgIpc) is 2.89. The molecule has 0 fully saturated rings. The van der Waals surface area contributed by atoms with Crippen molar-refractivity contribution in [2.45, 2.75) is 53.5 Å². The summed E-state index contributed by atoms with van der Waals surface area (Å²) in [6.07, 6.45) is 3.90. The van der Waals surface area contributed by atoms with Gasteiger partial charge < -0.3 is 4.90 Å². The fourth-order valence-corrected chi connectivity index (χ4v) is 2.58. The Morgan fingerprint density at radius 3 is 2.68 bits per heavy atom. The first-order valence-electron chi connectivity index (χ1n) is 8.13. The first-order valence-corrected chi connectivity index (χ1v) is 8.13. The SMILES string of the molecule is CCCCN(CC)C(=O)c1cc2cnn(C(C)C)c2nc1C. The summed E-state index contributed by atoms with van der Waals surface area (Å²) in [5.74, 6) is 0.0696. The van der Waals surface area contributed by atoms with Gasteiger partial charge in [0, 0.05) is 24.5 Å². The van der Waals surface area contributed by atoms with E-state index < -0.39 is 0 Å². The van der Waals surface area contributed by atoms with Gasteiger partial charge in [-0.25, -0.2) is 9.67 Å². The van der Waals surface area contributed by atoms with E-state index in [4.69, 9.17) is 0 Å². The second-order valence-corrected chi connectivity index (χ2v) is 5.96. The molecule has 2 rings (SSSR count). The van der Waals surface area contributed by atoms with Crippen LogP contribution in [0.25, 0.3) is 11.0 Å². The third-order valence-corrected chi connectivity index (χ3v) is 3.93. The minimum absolute atomic E-state index is 0.0696. The van der Waals surface area contributed by atoms with Crippen molar-refractivity contribution < 1.29 is 4.79 Å². The molecular weight excluding hydrogens is 276 g/mol. The second kappa shape index (κ2) is 6.90. The molecule has 0 aliphatic carbocycles. The summed E-state index contributed by atoms with van der Waals surface area (Å²) >= 11 is 0. The van der Waals surface area contributed by atoms with E-state index in [-0.39, 0.29) is 11.9 Å². The highest BCUT2D eigenvalue weighted by atomic mass is 16.2. The topological polar surface area (TPSA) is 51.0 Å². The van der Waals surface area contributed by atoms with E-state index in [0.717, 1.165) is 42.7 Å². The molecule has 120 valence electrons. The lowest BCUT2D eigenvalue weighted by atomic mass is 10.1. The Morgan fingerprint density at radius 2 is 2.09 bits per heavy atom. The number of rotatable bonds is 6. The van der Waals surface area contributed by atoms with E-state index in [2.05, 4.69) is 30.9 Å². The van der Waals surface area contributed by atoms with Crippen LogP contribution in [0.3, 0.4) is 0 Å². The molecule has 2 heterocycles. The number of carbonyl (C=O) groups excluding carboxylic acids is 1. The van der Waals surface area contributed by atoms with Crippen molar-refractivity contribution in [1.29, 1.82) is 0 Å². The van der Waals surface area contributed by atoms with E-state index >= 15 is 0 Å². The normalized spacial score (nSPS) is 11.4. The number of hydrogen-bond acceptors (Lipinski definition) is 3. The Bertz CT molecular complexity index is 660. The molecule has 0 aromatic carbocycles. The lowest BCUT2D eigenvalue weighted by Gasteiger charge is -2.21. The summed E-state index contributed by atoms with van der Waals surface area (Å²) in [5.41, 5.74) is 2.31. The average molecular weight is 302 g/mol. The van der Waals surface area contributed by atoms with Gasteiger partial charge >= 0.3 is 0 Å². The number of carbonyl (C=O) groups is 1. The van der Waals surface area contributed by atoms with Crippen LogP contribution in [0.1, 0.15) is 62.6 Å². The van der Waals surface area contributed by atoms with Gasteiger partial charge in [-0.1, -0.05) is 13.3 Å². The second-order valence-electron chi connectivity index (χ2n) is 5.96. The minimum Gasteiger partial charge on any atom is -0.339 e. The Morgan fingerprint density at radius 1 is 1.36 bits per heavy atom. The van der Waals surface area contributed by atoms with Crippen molar-refractivity contribution in [2.24, 2.45) is 0 Å². The third kappa shape index (κ3) is 3.13. The van der Waals surface area contributed by atoms with Gasteiger partial charge in [-0.3, -0.25) is 4.79 Å². The van der Waals surface area contributed by atoms with Gasteiger partial charge in [0.1, 0.15) is 0 Å². The Kier molecular flexibility index (Phi) is 5.16. The molecule has 0 radical (unpaired) electrons.